The van der Waals surface area contributed by atoms with E-state index in [0.29, 0.717) is 6.42 Å². The highest BCUT2D eigenvalue weighted by Gasteiger charge is 2.24. The monoisotopic (exact) mass is 447 g/mol. The van der Waals surface area contributed by atoms with Gasteiger partial charge < -0.3 is 15.0 Å². The second-order valence-electron chi connectivity index (χ2n) is 7.75. The van der Waals surface area contributed by atoms with Gasteiger partial charge in [-0.2, -0.15) is 0 Å². The lowest BCUT2D eigenvalue weighted by atomic mass is 10.0. The molecule has 0 unspecified atom stereocenters. The molecule has 4 rings (SSSR count). The van der Waals surface area contributed by atoms with Crippen LogP contribution in [0.25, 0.3) is 22.2 Å². The minimum atomic E-state index is -0.774. The van der Waals surface area contributed by atoms with E-state index in [1.807, 2.05) is 68.6 Å². The standard InChI is InChI=1S/C25H25N3O3S/c1-15-8-10-17(11-9-15)24-22(32-16(2)27-24)13-23(29)28-21(25(30)31-3)12-18-14-26-20-7-5-4-6-19(18)20/h4-11,14,21,26H,12-13H2,1-3H3,(H,28,29)/t21-/m1/s1. The maximum absolute atomic E-state index is 12.9. The summed E-state index contributed by atoms with van der Waals surface area (Å²) in [6, 6.07) is 15.2. The number of carbonyl (C=O) groups is 2. The molecule has 2 N–H and O–H groups in total. The molecule has 6 nitrogen and oxygen atoms in total. The highest BCUT2D eigenvalue weighted by atomic mass is 32.1. The Morgan fingerprint density at radius 3 is 2.62 bits per heavy atom. The zero-order chi connectivity index (χ0) is 22.7. The second kappa shape index (κ2) is 9.36. The van der Waals surface area contributed by atoms with Crippen LogP contribution in [0, 0.1) is 13.8 Å². The summed E-state index contributed by atoms with van der Waals surface area (Å²) in [5.74, 6) is -0.708. The first kappa shape index (κ1) is 21.8. The molecule has 0 spiro atoms. The van der Waals surface area contributed by atoms with Crippen LogP contribution in [0.15, 0.2) is 54.7 Å². The van der Waals surface area contributed by atoms with Gasteiger partial charge in [0.15, 0.2) is 0 Å². The molecule has 2 aromatic heterocycles. The first-order chi connectivity index (χ1) is 15.4. The highest BCUT2D eigenvalue weighted by molar-refractivity contribution is 7.12. The van der Waals surface area contributed by atoms with Crippen LogP contribution < -0.4 is 5.32 Å². The number of methoxy groups -OCH3 is 1. The minimum absolute atomic E-state index is 0.149. The van der Waals surface area contributed by atoms with Gasteiger partial charge in [0, 0.05) is 34.0 Å². The van der Waals surface area contributed by atoms with Crippen molar-refractivity contribution >= 4 is 34.1 Å². The number of benzene rings is 2. The molecule has 0 bridgehead atoms. The lowest BCUT2D eigenvalue weighted by Crippen LogP contribution is -2.43. The number of para-hydroxylation sites is 1. The van der Waals surface area contributed by atoms with E-state index in [-0.39, 0.29) is 12.3 Å². The van der Waals surface area contributed by atoms with Gasteiger partial charge in [-0.05, 0) is 25.5 Å². The van der Waals surface area contributed by atoms with Crippen LogP contribution in [0.2, 0.25) is 0 Å². The summed E-state index contributed by atoms with van der Waals surface area (Å²) in [6.07, 6.45) is 2.36. The lowest BCUT2D eigenvalue weighted by molar-refractivity contribution is -0.145. The average Bonchev–Trinajstić information content (AvgIpc) is 3.36. The summed E-state index contributed by atoms with van der Waals surface area (Å²) >= 11 is 1.50. The van der Waals surface area contributed by atoms with Gasteiger partial charge in [-0.1, -0.05) is 48.0 Å². The Morgan fingerprint density at radius 2 is 1.88 bits per heavy atom. The van der Waals surface area contributed by atoms with Gasteiger partial charge in [-0.15, -0.1) is 11.3 Å². The minimum Gasteiger partial charge on any atom is -0.467 e. The predicted octanol–water partition coefficient (Wildman–Crippen LogP) is 4.35. The third-order valence-corrected chi connectivity index (χ3v) is 6.34. The molecule has 164 valence electrons. The van der Waals surface area contributed by atoms with Crippen LogP contribution in [0.4, 0.5) is 0 Å². The van der Waals surface area contributed by atoms with Gasteiger partial charge >= 0.3 is 5.97 Å². The van der Waals surface area contributed by atoms with Gasteiger partial charge in [0.05, 0.1) is 24.2 Å². The van der Waals surface area contributed by atoms with Crippen molar-refractivity contribution in [3.05, 3.63) is 75.7 Å². The molecule has 4 aromatic rings. The van der Waals surface area contributed by atoms with Crippen LogP contribution in [-0.2, 0) is 27.2 Å². The van der Waals surface area contributed by atoms with Crippen molar-refractivity contribution in [2.45, 2.75) is 32.7 Å². The van der Waals surface area contributed by atoms with Crippen molar-refractivity contribution in [3.8, 4) is 11.3 Å². The zero-order valence-corrected chi connectivity index (χ0v) is 19.1. The molecule has 0 radical (unpaired) electrons. The van der Waals surface area contributed by atoms with Crippen LogP contribution in [-0.4, -0.2) is 35.0 Å². The molecule has 0 aliphatic carbocycles. The van der Waals surface area contributed by atoms with Crippen molar-refractivity contribution in [3.63, 3.8) is 0 Å². The fourth-order valence-electron chi connectivity index (χ4n) is 3.77. The van der Waals surface area contributed by atoms with Crippen molar-refractivity contribution < 1.29 is 14.3 Å². The Morgan fingerprint density at radius 1 is 1.12 bits per heavy atom. The summed E-state index contributed by atoms with van der Waals surface area (Å²) in [5.41, 5.74) is 4.89. The van der Waals surface area contributed by atoms with E-state index in [2.05, 4.69) is 15.3 Å². The van der Waals surface area contributed by atoms with Crippen LogP contribution >= 0.6 is 11.3 Å². The molecule has 2 aromatic carbocycles. The number of thiazole rings is 1. The largest absolute Gasteiger partial charge is 0.467 e. The van der Waals surface area contributed by atoms with E-state index in [1.54, 1.807) is 0 Å². The SMILES string of the molecule is COC(=O)[C@@H](Cc1c[nH]c2ccccc12)NC(=O)Cc1sc(C)nc1-c1ccc(C)cc1. The number of nitrogens with one attached hydrogen (secondary N) is 2. The van der Waals surface area contributed by atoms with E-state index in [4.69, 9.17) is 4.74 Å². The number of aromatic nitrogens is 2. The number of aryl methyl sites for hydroxylation is 2. The number of rotatable bonds is 7. The third kappa shape index (κ3) is 4.73. The molecule has 0 saturated heterocycles. The van der Waals surface area contributed by atoms with E-state index in [0.717, 1.165) is 43.2 Å². The predicted molar refractivity (Wildman–Crippen MR) is 127 cm³/mol. The maximum atomic E-state index is 12.9. The fraction of sp³-hybridized carbons (Fsp3) is 0.240. The maximum Gasteiger partial charge on any atom is 0.328 e. The van der Waals surface area contributed by atoms with Gasteiger partial charge in [-0.3, -0.25) is 4.79 Å². The summed E-state index contributed by atoms with van der Waals surface area (Å²) in [6.45, 7) is 3.96. The number of hydrogen-bond donors (Lipinski definition) is 2. The van der Waals surface area contributed by atoms with E-state index < -0.39 is 12.0 Å². The number of amides is 1. The number of aromatic amines is 1. The topological polar surface area (TPSA) is 84.1 Å². The first-order valence-electron chi connectivity index (χ1n) is 10.4. The molecule has 0 saturated carbocycles. The second-order valence-corrected chi connectivity index (χ2v) is 9.04. The molecule has 2 heterocycles. The number of esters is 1. The normalized spacial score (nSPS) is 12.0. The van der Waals surface area contributed by atoms with Gasteiger partial charge in [0.25, 0.3) is 0 Å². The van der Waals surface area contributed by atoms with E-state index >= 15 is 0 Å². The molecular weight excluding hydrogens is 422 g/mol. The van der Waals surface area contributed by atoms with Gasteiger partial charge in [0.2, 0.25) is 5.91 Å². The summed E-state index contributed by atoms with van der Waals surface area (Å²) in [4.78, 5) is 34.1. The summed E-state index contributed by atoms with van der Waals surface area (Å²) < 4.78 is 4.96. The van der Waals surface area contributed by atoms with E-state index in [1.165, 1.54) is 18.4 Å². The van der Waals surface area contributed by atoms with Crippen molar-refractivity contribution in [1.29, 1.82) is 0 Å². The number of hydrogen-bond acceptors (Lipinski definition) is 5. The van der Waals surface area contributed by atoms with Crippen molar-refractivity contribution in [2.24, 2.45) is 0 Å². The molecular formula is C25H25N3O3S. The summed E-state index contributed by atoms with van der Waals surface area (Å²) in [5, 5.41) is 4.79. The molecule has 0 aliphatic rings. The molecule has 32 heavy (non-hydrogen) atoms. The van der Waals surface area contributed by atoms with E-state index in [9.17, 15) is 9.59 Å². The zero-order valence-electron chi connectivity index (χ0n) is 18.3. The number of fused-ring (bicyclic) bond motifs is 1. The van der Waals surface area contributed by atoms with Gasteiger partial charge in [0.1, 0.15) is 6.04 Å². The third-order valence-electron chi connectivity index (χ3n) is 5.37. The van der Waals surface area contributed by atoms with Crippen LogP contribution in [0.3, 0.4) is 0 Å². The molecule has 7 heteroatoms. The molecule has 0 fully saturated rings. The Bertz CT molecular complexity index is 1260. The number of carbonyl (C=O) groups excluding carboxylic acids is 2. The van der Waals surface area contributed by atoms with Crippen molar-refractivity contribution in [2.75, 3.05) is 7.11 Å². The Balaban J connectivity index is 1.52. The smallest absolute Gasteiger partial charge is 0.328 e. The van der Waals surface area contributed by atoms with Crippen LogP contribution in [0.1, 0.15) is 21.0 Å². The lowest BCUT2D eigenvalue weighted by Gasteiger charge is -2.16. The van der Waals surface area contributed by atoms with Gasteiger partial charge in [-0.25, -0.2) is 9.78 Å². The van der Waals surface area contributed by atoms with Crippen molar-refractivity contribution in [1.82, 2.24) is 15.3 Å². The molecule has 1 amide bonds. The molecule has 0 aliphatic heterocycles. The van der Waals surface area contributed by atoms with Crippen LogP contribution in [0.5, 0.6) is 0 Å². The first-order valence-corrected chi connectivity index (χ1v) is 11.2. The Labute approximate surface area is 190 Å². The summed E-state index contributed by atoms with van der Waals surface area (Å²) in [7, 11) is 1.33. The number of H-pyrrole nitrogens is 1. The number of nitrogens with zero attached hydrogens (tertiary/aromatic N) is 1. The Kier molecular flexibility index (Phi) is 6.37. The average molecular weight is 448 g/mol. The quantitative estimate of drug-likeness (QED) is 0.413. The number of ether oxygens (including phenoxy) is 1. The molecule has 1 atom stereocenters. The fourth-order valence-corrected chi connectivity index (χ4v) is 4.73. The highest BCUT2D eigenvalue weighted by Crippen LogP contribution is 2.29. The Hall–Kier alpha value is -3.45.